The molecule has 7 heteroatoms. The molecule has 0 unspecified atom stereocenters. The predicted octanol–water partition coefficient (Wildman–Crippen LogP) is 2.01. The molecule has 0 saturated carbocycles. The summed E-state index contributed by atoms with van der Waals surface area (Å²) in [6.07, 6.45) is 5.32. The van der Waals surface area contributed by atoms with Crippen LogP contribution >= 0.6 is 11.3 Å². The molecule has 0 spiro atoms. The van der Waals surface area contributed by atoms with Gasteiger partial charge in [-0.1, -0.05) is 0 Å². The molecule has 0 aromatic carbocycles. The van der Waals surface area contributed by atoms with Gasteiger partial charge in [-0.2, -0.15) is 0 Å². The first-order chi connectivity index (χ1) is 11.3. The molecule has 6 nitrogen and oxygen atoms in total. The number of aryl methyl sites for hydroxylation is 1. The summed E-state index contributed by atoms with van der Waals surface area (Å²) >= 11 is 1.73. The molecule has 0 bridgehead atoms. The molecule has 126 valence electrons. The third-order valence-electron chi connectivity index (χ3n) is 3.11. The Balaban J connectivity index is 1.74. The van der Waals surface area contributed by atoms with Crippen molar-refractivity contribution in [3.63, 3.8) is 0 Å². The molecule has 0 amide bonds. The molecule has 0 fully saturated rings. The first kappa shape index (κ1) is 17.5. The molecule has 2 heterocycles. The van der Waals surface area contributed by atoms with Gasteiger partial charge in [0.1, 0.15) is 5.76 Å². The Bertz CT molecular complexity index is 581. The summed E-state index contributed by atoms with van der Waals surface area (Å²) < 4.78 is 10.4. The fourth-order valence-electron chi connectivity index (χ4n) is 1.99. The Hall–Kier alpha value is -1.86. The standard InChI is InChI=1S/C16H24N4O2S/c1-13-12-20-15(23-13)6-8-18-16(19-9-11-21-2)17-7-5-14-4-3-10-22-14/h3-4,10,12H,5-9,11H2,1-2H3,(H2,17,18,19). The van der Waals surface area contributed by atoms with Gasteiger partial charge in [-0.25, -0.2) is 4.98 Å². The van der Waals surface area contributed by atoms with Gasteiger partial charge in [0.25, 0.3) is 0 Å². The number of hydrogen-bond acceptors (Lipinski definition) is 5. The van der Waals surface area contributed by atoms with Crippen LogP contribution in [0.2, 0.25) is 0 Å². The molecule has 0 aliphatic carbocycles. The number of furan rings is 1. The van der Waals surface area contributed by atoms with Crippen LogP contribution in [0, 0.1) is 6.92 Å². The quantitative estimate of drug-likeness (QED) is 0.416. The number of guanidine groups is 1. The number of aromatic nitrogens is 1. The molecule has 0 atom stereocenters. The van der Waals surface area contributed by atoms with E-state index in [0.29, 0.717) is 13.2 Å². The molecule has 0 radical (unpaired) electrons. The van der Waals surface area contributed by atoms with E-state index in [1.54, 1.807) is 24.7 Å². The molecular weight excluding hydrogens is 312 g/mol. The van der Waals surface area contributed by atoms with E-state index in [4.69, 9.17) is 9.15 Å². The van der Waals surface area contributed by atoms with Gasteiger partial charge in [0.15, 0.2) is 5.96 Å². The van der Waals surface area contributed by atoms with Crippen LogP contribution in [-0.4, -0.2) is 44.3 Å². The van der Waals surface area contributed by atoms with Crippen molar-refractivity contribution in [2.75, 3.05) is 33.4 Å². The molecule has 0 saturated heterocycles. The van der Waals surface area contributed by atoms with Crippen molar-refractivity contribution in [3.8, 4) is 0 Å². The van der Waals surface area contributed by atoms with Crippen molar-refractivity contribution >= 4 is 17.3 Å². The molecule has 23 heavy (non-hydrogen) atoms. The van der Waals surface area contributed by atoms with Crippen LogP contribution in [0.25, 0.3) is 0 Å². The van der Waals surface area contributed by atoms with Crippen LogP contribution in [0.1, 0.15) is 15.6 Å². The van der Waals surface area contributed by atoms with Crippen molar-refractivity contribution in [2.24, 2.45) is 4.99 Å². The number of hydrogen-bond donors (Lipinski definition) is 2. The van der Waals surface area contributed by atoms with E-state index >= 15 is 0 Å². The number of aliphatic imine (C=N–C) groups is 1. The van der Waals surface area contributed by atoms with Crippen LogP contribution in [0.4, 0.5) is 0 Å². The lowest BCUT2D eigenvalue weighted by atomic mass is 10.3. The average Bonchev–Trinajstić information content (AvgIpc) is 3.19. The fraction of sp³-hybridized carbons (Fsp3) is 0.500. The minimum absolute atomic E-state index is 0.608. The minimum Gasteiger partial charge on any atom is -0.469 e. The van der Waals surface area contributed by atoms with Crippen molar-refractivity contribution in [3.05, 3.63) is 40.2 Å². The Labute approximate surface area is 141 Å². The van der Waals surface area contributed by atoms with E-state index in [0.717, 1.165) is 42.7 Å². The molecular formula is C16H24N4O2S. The van der Waals surface area contributed by atoms with E-state index in [1.807, 2.05) is 18.3 Å². The second-order valence-electron chi connectivity index (χ2n) is 5.02. The second kappa shape index (κ2) is 10.0. The van der Waals surface area contributed by atoms with Crippen LogP contribution < -0.4 is 10.6 Å². The third kappa shape index (κ3) is 6.83. The topological polar surface area (TPSA) is 71.7 Å². The molecule has 2 N–H and O–H groups in total. The van der Waals surface area contributed by atoms with E-state index in [2.05, 4.69) is 27.5 Å². The number of thiazole rings is 1. The summed E-state index contributed by atoms with van der Waals surface area (Å²) in [4.78, 5) is 10.1. The maximum Gasteiger partial charge on any atom is 0.191 e. The van der Waals surface area contributed by atoms with Crippen molar-refractivity contribution in [1.29, 1.82) is 0 Å². The summed E-state index contributed by atoms with van der Waals surface area (Å²) in [5.41, 5.74) is 0. The van der Waals surface area contributed by atoms with Gasteiger partial charge in [0.2, 0.25) is 0 Å². The maximum absolute atomic E-state index is 5.33. The van der Waals surface area contributed by atoms with Gasteiger partial charge in [0.05, 0.1) is 24.4 Å². The zero-order valence-electron chi connectivity index (χ0n) is 13.7. The van der Waals surface area contributed by atoms with Gasteiger partial charge in [0, 0.05) is 44.1 Å². The van der Waals surface area contributed by atoms with Gasteiger partial charge in [-0.15, -0.1) is 11.3 Å². The lowest BCUT2D eigenvalue weighted by Gasteiger charge is -2.11. The van der Waals surface area contributed by atoms with Crippen LogP contribution in [0.15, 0.2) is 34.0 Å². The fourth-order valence-corrected chi connectivity index (χ4v) is 2.77. The number of rotatable bonds is 9. The van der Waals surface area contributed by atoms with E-state index in [-0.39, 0.29) is 0 Å². The summed E-state index contributed by atoms with van der Waals surface area (Å²) in [5, 5.41) is 7.79. The van der Waals surface area contributed by atoms with Crippen LogP contribution in [-0.2, 0) is 17.6 Å². The van der Waals surface area contributed by atoms with Crippen molar-refractivity contribution in [2.45, 2.75) is 19.8 Å². The van der Waals surface area contributed by atoms with Crippen LogP contribution in [0.3, 0.4) is 0 Å². The molecule has 0 aliphatic rings. The monoisotopic (exact) mass is 336 g/mol. The summed E-state index contributed by atoms with van der Waals surface area (Å²) in [5.74, 6) is 1.76. The second-order valence-corrected chi connectivity index (χ2v) is 6.34. The van der Waals surface area contributed by atoms with E-state index in [1.165, 1.54) is 4.88 Å². The van der Waals surface area contributed by atoms with Crippen molar-refractivity contribution in [1.82, 2.24) is 15.6 Å². The van der Waals surface area contributed by atoms with Crippen molar-refractivity contribution < 1.29 is 9.15 Å². The molecule has 0 aliphatic heterocycles. The predicted molar refractivity (Wildman–Crippen MR) is 93.2 cm³/mol. The first-order valence-corrected chi connectivity index (χ1v) is 8.54. The average molecular weight is 336 g/mol. The maximum atomic E-state index is 5.33. The van der Waals surface area contributed by atoms with E-state index in [9.17, 15) is 0 Å². The molecule has 2 aromatic rings. The van der Waals surface area contributed by atoms with E-state index < -0.39 is 0 Å². The summed E-state index contributed by atoms with van der Waals surface area (Å²) in [7, 11) is 1.68. The minimum atomic E-state index is 0.608. The first-order valence-electron chi connectivity index (χ1n) is 7.72. The molecule has 2 rings (SSSR count). The Morgan fingerprint density at radius 1 is 1.35 bits per heavy atom. The Morgan fingerprint density at radius 3 is 2.83 bits per heavy atom. The normalized spacial score (nSPS) is 11.7. The lowest BCUT2D eigenvalue weighted by Crippen LogP contribution is -2.39. The summed E-state index contributed by atoms with van der Waals surface area (Å²) in [6.45, 7) is 4.87. The number of ether oxygens (including phenoxy) is 1. The largest absolute Gasteiger partial charge is 0.469 e. The SMILES string of the molecule is COCCN=C(NCCc1ccco1)NCCc1ncc(C)s1. The highest BCUT2D eigenvalue weighted by molar-refractivity contribution is 7.11. The highest BCUT2D eigenvalue weighted by Crippen LogP contribution is 2.10. The number of nitrogens with zero attached hydrogens (tertiary/aromatic N) is 2. The zero-order chi connectivity index (χ0) is 16.3. The highest BCUT2D eigenvalue weighted by atomic mass is 32.1. The van der Waals surface area contributed by atoms with Crippen LogP contribution in [0.5, 0.6) is 0 Å². The van der Waals surface area contributed by atoms with Gasteiger partial charge >= 0.3 is 0 Å². The molecule has 2 aromatic heterocycles. The number of methoxy groups -OCH3 is 1. The Morgan fingerprint density at radius 2 is 2.17 bits per heavy atom. The Kier molecular flexibility index (Phi) is 7.62. The van der Waals surface area contributed by atoms with Gasteiger partial charge in [-0.05, 0) is 19.1 Å². The highest BCUT2D eigenvalue weighted by Gasteiger charge is 2.02. The van der Waals surface area contributed by atoms with Gasteiger partial charge < -0.3 is 19.8 Å². The zero-order valence-corrected chi connectivity index (χ0v) is 14.5. The lowest BCUT2D eigenvalue weighted by molar-refractivity contribution is 0.208. The smallest absolute Gasteiger partial charge is 0.191 e. The summed E-state index contributed by atoms with van der Waals surface area (Å²) in [6, 6.07) is 3.87. The van der Waals surface area contributed by atoms with Gasteiger partial charge in [-0.3, -0.25) is 4.99 Å². The number of nitrogens with one attached hydrogen (secondary N) is 2. The third-order valence-corrected chi connectivity index (χ3v) is 4.08.